The number of nitrogens with zero attached hydrogens (tertiary/aromatic N) is 4. The summed E-state index contributed by atoms with van der Waals surface area (Å²) in [4.78, 5) is 2.37. The smallest absolute Gasteiger partial charge is 0.0788 e. The summed E-state index contributed by atoms with van der Waals surface area (Å²) in [5.74, 6) is 0. The molecule has 11 rings (SSSR count). The molecular formula is C51H36N4. The van der Waals surface area contributed by atoms with E-state index >= 15 is 0 Å². The Bertz CT molecular complexity index is 3180. The van der Waals surface area contributed by atoms with Crippen LogP contribution in [0.15, 0.2) is 200 Å². The minimum absolute atomic E-state index is 1.09. The van der Waals surface area contributed by atoms with Crippen LogP contribution in [0, 0.1) is 6.92 Å². The molecule has 0 fully saturated rings. The van der Waals surface area contributed by atoms with E-state index in [1.54, 1.807) is 0 Å². The molecule has 0 radical (unpaired) electrons. The average molecular weight is 705 g/mol. The van der Waals surface area contributed by atoms with E-state index in [1.807, 2.05) is 0 Å². The van der Waals surface area contributed by atoms with Gasteiger partial charge in [-0.05, 0) is 104 Å². The van der Waals surface area contributed by atoms with E-state index in [0.717, 1.165) is 28.4 Å². The molecule has 8 aromatic carbocycles. The first-order valence-corrected chi connectivity index (χ1v) is 18.9. The normalized spacial score (nSPS) is 11.7. The molecule has 11 aromatic rings. The molecule has 3 aromatic heterocycles. The highest BCUT2D eigenvalue weighted by atomic mass is 15.1. The average Bonchev–Trinajstić information content (AvgIpc) is 3.93. The third-order valence-corrected chi connectivity index (χ3v) is 11.1. The highest BCUT2D eigenvalue weighted by Crippen LogP contribution is 2.42. The zero-order chi connectivity index (χ0) is 36.5. The first-order valence-electron chi connectivity index (χ1n) is 18.9. The number of benzene rings is 8. The Hall–Kier alpha value is -7.30. The van der Waals surface area contributed by atoms with Crippen molar-refractivity contribution < 1.29 is 0 Å². The lowest BCUT2D eigenvalue weighted by Gasteiger charge is -2.26. The zero-order valence-corrected chi connectivity index (χ0v) is 30.3. The maximum Gasteiger partial charge on any atom is 0.0788 e. The predicted molar refractivity (Wildman–Crippen MR) is 231 cm³/mol. The lowest BCUT2D eigenvalue weighted by molar-refractivity contribution is 1.11. The van der Waals surface area contributed by atoms with E-state index in [-0.39, 0.29) is 0 Å². The number of rotatable bonds is 6. The third-order valence-electron chi connectivity index (χ3n) is 11.1. The van der Waals surface area contributed by atoms with Gasteiger partial charge in [-0.25, -0.2) is 0 Å². The SMILES string of the molecule is Cc1ccc(-n2c3ccccc3c3cc(N(c4ccccc4)c4ccc(-n5c6ccccc6c6ccc7ccn(-c8ccccc8)c7c65)cc4)ccc32)cc1. The van der Waals surface area contributed by atoms with Crippen LogP contribution in [0.1, 0.15) is 5.56 Å². The van der Waals surface area contributed by atoms with Gasteiger partial charge < -0.3 is 18.6 Å². The summed E-state index contributed by atoms with van der Waals surface area (Å²) >= 11 is 0. The maximum atomic E-state index is 2.44. The van der Waals surface area contributed by atoms with E-state index in [0.29, 0.717) is 0 Å². The first-order chi connectivity index (χ1) is 27.2. The Balaban J connectivity index is 1.09. The molecule has 4 nitrogen and oxygen atoms in total. The van der Waals surface area contributed by atoms with Gasteiger partial charge in [0.05, 0.1) is 27.6 Å². The minimum atomic E-state index is 1.09. The van der Waals surface area contributed by atoms with Crippen LogP contribution in [0.3, 0.4) is 0 Å². The molecule has 0 bridgehead atoms. The number of fused-ring (bicyclic) bond motifs is 8. The Kier molecular flexibility index (Phi) is 7.04. The lowest BCUT2D eigenvalue weighted by atomic mass is 10.1. The van der Waals surface area contributed by atoms with Gasteiger partial charge in [0.25, 0.3) is 0 Å². The second kappa shape index (κ2) is 12.4. The molecule has 260 valence electrons. The van der Waals surface area contributed by atoms with Crippen molar-refractivity contribution in [1.82, 2.24) is 13.7 Å². The van der Waals surface area contributed by atoms with Crippen LogP contribution in [0.4, 0.5) is 17.1 Å². The number of hydrogen-bond donors (Lipinski definition) is 0. The van der Waals surface area contributed by atoms with Gasteiger partial charge in [-0.2, -0.15) is 0 Å². The van der Waals surface area contributed by atoms with Crippen molar-refractivity contribution in [3.63, 3.8) is 0 Å². The van der Waals surface area contributed by atoms with Crippen molar-refractivity contribution in [2.75, 3.05) is 4.90 Å². The topological polar surface area (TPSA) is 18.0 Å². The monoisotopic (exact) mass is 704 g/mol. The molecular weight excluding hydrogens is 669 g/mol. The molecule has 0 saturated heterocycles. The Labute approximate surface area is 319 Å². The van der Waals surface area contributed by atoms with Gasteiger partial charge in [0, 0.05) is 67.3 Å². The number of aryl methyl sites for hydroxylation is 1. The Morgan fingerprint density at radius 2 is 0.927 bits per heavy atom. The van der Waals surface area contributed by atoms with Crippen LogP contribution in [0.25, 0.3) is 71.6 Å². The largest absolute Gasteiger partial charge is 0.315 e. The van der Waals surface area contributed by atoms with Crippen molar-refractivity contribution in [3.8, 4) is 17.1 Å². The molecule has 3 heterocycles. The van der Waals surface area contributed by atoms with Gasteiger partial charge in [0.1, 0.15) is 0 Å². The fraction of sp³-hybridized carbons (Fsp3) is 0.0196. The number of anilines is 3. The van der Waals surface area contributed by atoms with Gasteiger partial charge in [-0.1, -0.05) is 103 Å². The van der Waals surface area contributed by atoms with Crippen LogP contribution in [-0.4, -0.2) is 13.7 Å². The summed E-state index contributed by atoms with van der Waals surface area (Å²) in [6, 6.07) is 70.3. The fourth-order valence-corrected chi connectivity index (χ4v) is 8.59. The van der Waals surface area contributed by atoms with E-state index in [4.69, 9.17) is 0 Å². The molecule has 4 heteroatoms. The summed E-state index contributed by atoms with van der Waals surface area (Å²) in [5.41, 5.74) is 14.0. The zero-order valence-electron chi connectivity index (χ0n) is 30.3. The first kappa shape index (κ1) is 31.2. The molecule has 0 amide bonds. The van der Waals surface area contributed by atoms with Gasteiger partial charge in [0.15, 0.2) is 0 Å². The number of hydrogen-bond acceptors (Lipinski definition) is 1. The van der Waals surface area contributed by atoms with Gasteiger partial charge >= 0.3 is 0 Å². The second-order valence-corrected chi connectivity index (χ2v) is 14.4. The van der Waals surface area contributed by atoms with Crippen LogP contribution >= 0.6 is 0 Å². The summed E-state index contributed by atoms with van der Waals surface area (Å²) in [7, 11) is 0. The molecule has 0 N–H and O–H groups in total. The third kappa shape index (κ3) is 4.92. The highest BCUT2D eigenvalue weighted by molar-refractivity contribution is 6.18. The van der Waals surface area contributed by atoms with Crippen molar-refractivity contribution in [3.05, 3.63) is 206 Å². The van der Waals surface area contributed by atoms with Crippen molar-refractivity contribution >= 4 is 71.6 Å². The number of para-hydroxylation sites is 4. The van der Waals surface area contributed by atoms with E-state index in [9.17, 15) is 0 Å². The van der Waals surface area contributed by atoms with Crippen molar-refractivity contribution in [2.45, 2.75) is 6.92 Å². The highest BCUT2D eigenvalue weighted by Gasteiger charge is 2.20. The minimum Gasteiger partial charge on any atom is -0.315 e. The van der Waals surface area contributed by atoms with Crippen LogP contribution < -0.4 is 4.90 Å². The second-order valence-electron chi connectivity index (χ2n) is 14.4. The molecule has 0 saturated carbocycles. The molecule has 0 unspecified atom stereocenters. The quantitative estimate of drug-likeness (QED) is 0.168. The Morgan fingerprint density at radius 3 is 1.67 bits per heavy atom. The standard InChI is InChI=1S/C51H36N4/c1-35-20-23-40(24-21-35)54-47-18-10-9-17-44(47)46-34-42(29-31-49(46)54)53(38-14-6-3-7-15-38)39-25-27-41(28-26-39)55-48-19-11-8-16-43(48)45-30-22-36-32-33-52(50(36)51(45)55)37-12-4-2-5-13-37/h2-34H,1H3. The van der Waals surface area contributed by atoms with Gasteiger partial charge in [0.2, 0.25) is 0 Å². The summed E-state index contributed by atoms with van der Waals surface area (Å²) in [6.45, 7) is 2.14. The van der Waals surface area contributed by atoms with Crippen molar-refractivity contribution in [2.24, 2.45) is 0 Å². The van der Waals surface area contributed by atoms with Crippen LogP contribution in [0.5, 0.6) is 0 Å². The summed E-state index contributed by atoms with van der Waals surface area (Å²) < 4.78 is 7.14. The predicted octanol–water partition coefficient (Wildman–Crippen LogP) is 13.6. The van der Waals surface area contributed by atoms with Crippen LogP contribution in [-0.2, 0) is 0 Å². The lowest BCUT2D eigenvalue weighted by Crippen LogP contribution is -2.10. The van der Waals surface area contributed by atoms with Gasteiger partial charge in [-0.15, -0.1) is 0 Å². The van der Waals surface area contributed by atoms with E-state index in [1.165, 1.54) is 65.8 Å². The van der Waals surface area contributed by atoms with E-state index < -0.39 is 0 Å². The maximum absolute atomic E-state index is 2.44. The molecule has 55 heavy (non-hydrogen) atoms. The molecule has 0 aliphatic carbocycles. The summed E-state index contributed by atoms with van der Waals surface area (Å²) in [5, 5.41) is 6.16. The molecule has 0 aliphatic heterocycles. The number of aromatic nitrogens is 3. The van der Waals surface area contributed by atoms with Gasteiger partial charge in [-0.3, -0.25) is 0 Å². The molecule has 0 spiro atoms. The van der Waals surface area contributed by atoms with Crippen molar-refractivity contribution in [1.29, 1.82) is 0 Å². The fourth-order valence-electron chi connectivity index (χ4n) is 8.59. The summed E-state index contributed by atoms with van der Waals surface area (Å²) in [6.07, 6.45) is 2.19. The molecule has 0 atom stereocenters. The molecule has 0 aliphatic rings. The Morgan fingerprint density at radius 1 is 0.364 bits per heavy atom. The van der Waals surface area contributed by atoms with Crippen LogP contribution in [0.2, 0.25) is 0 Å². The van der Waals surface area contributed by atoms with E-state index in [2.05, 4.69) is 226 Å².